The molecule has 21 heavy (non-hydrogen) atoms. The summed E-state index contributed by atoms with van der Waals surface area (Å²) in [6, 6.07) is 17.8. The Balaban J connectivity index is 1.89. The summed E-state index contributed by atoms with van der Waals surface area (Å²) in [7, 11) is 0. The molecular formula is C18H18N2O. The molecule has 0 bridgehead atoms. The molecule has 106 valence electrons. The summed E-state index contributed by atoms with van der Waals surface area (Å²) in [5.74, 6) is -0.0405. The first kappa shape index (κ1) is 13.4. The van der Waals surface area contributed by atoms with Crippen LogP contribution >= 0.6 is 0 Å². The summed E-state index contributed by atoms with van der Waals surface area (Å²) in [4.78, 5) is 15.9. The van der Waals surface area contributed by atoms with Crippen molar-refractivity contribution in [3.8, 4) is 0 Å². The Bertz CT molecular complexity index is 774. The zero-order chi connectivity index (χ0) is 14.8. The van der Waals surface area contributed by atoms with E-state index in [0.717, 1.165) is 27.7 Å². The first-order valence-electron chi connectivity index (χ1n) is 7.10. The third kappa shape index (κ3) is 2.55. The van der Waals surface area contributed by atoms with Crippen molar-refractivity contribution >= 4 is 16.8 Å². The fraction of sp³-hybridized carbons (Fsp3) is 0.167. The number of hydrogen-bond acceptors (Lipinski definition) is 1. The second-order valence-electron chi connectivity index (χ2n) is 5.28. The van der Waals surface area contributed by atoms with Gasteiger partial charge < -0.3 is 10.3 Å². The van der Waals surface area contributed by atoms with Crippen molar-refractivity contribution < 1.29 is 4.79 Å². The molecular weight excluding hydrogens is 260 g/mol. The molecule has 3 aromatic rings. The van der Waals surface area contributed by atoms with Crippen molar-refractivity contribution in [1.29, 1.82) is 0 Å². The molecule has 2 N–H and O–H groups in total. The van der Waals surface area contributed by atoms with E-state index in [1.54, 1.807) is 0 Å². The van der Waals surface area contributed by atoms with Crippen molar-refractivity contribution in [1.82, 2.24) is 10.3 Å². The lowest BCUT2D eigenvalue weighted by Crippen LogP contribution is -2.27. The molecule has 3 rings (SSSR count). The van der Waals surface area contributed by atoms with Gasteiger partial charge in [-0.1, -0.05) is 48.5 Å². The smallest absolute Gasteiger partial charge is 0.254 e. The van der Waals surface area contributed by atoms with E-state index in [1.165, 1.54) is 0 Å². The van der Waals surface area contributed by atoms with Crippen LogP contribution in [0.5, 0.6) is 0 Å². The van der Waals surface area contributed by atoms with Crippen LogP contribution < -0.4 is 5.32 Å². The number of fused-ring (bicyclic) bond motifs is 1. The van der Waals surface area contributed by atoms with Gasteiger partial charge >= 0.3 is 0 Å². The minimum atomic E-state index is -0.0405. The fourth-order valence-corrected chi connectivity index (χ4v) is 2.66. The van der Waals surface area contributed by atoms with Crippen molar-refractivity contribution in [2.45, 2.75) is 19.9 Å². The number of rotatable bonds is 3. The third-order valence-corrected chi connectivity index (χ3v) is 3.77. The van der Waals surface area contributed by atoms with Gasteiger partial charge in [0.05, 0.1) is 11.6 Å². The van der Waals surface area contributed by atoms with E-state index in [0.29, 0.717) is 0 Å². The summed E-state index contributed by atoms with van der Waals surface area (Å²) in [6.45, 7) is 3.93. The molecule has 1 unspecified atom stereocenters. The number of carbonyl (C=O) groups excluding carboxylic acids is 1. The third-order valence-electron chi connectivity index (χ3n) is 3.77. The maximum Gasteiger partial charge on any atom is 0.254 e. The lowest BCUT2D eigenvalue weighted by atomic mass is 10.1. The van der Waals surface area contributed by atoms with Gasteiger partial charge in [-0.15, -0.1) is 0 Å². The topological polar surface area (TPSA) is 44.9 Å². The largest absolute Gasteiger partial charge is 0.358 e. The monoisotopic (exact) mass is 278 g/mol. The Morgan fingerprint density at radius 3 is 2.48 bits per heavy atom. The number of aryl methyl sites for hydroxylation is 1. The average molecular weight is 278 g/mol. The number of amides is 1. The predicted octanol–water partition coefficient (Wildman–Crippen LogP) is 3.97. The van der Waals surface area contributed by atoms with Gasteiger partial charge in [0, 0.05) is 16.6 Å². The maximum absolute atomic E-state index is 12.6. The summed E-state index contributed by atoms with van der Waals surface area (Å²) in [5, 5.41) is 4.04. The molecule has 0 saturated carbocycles. The van der Waals surface area contributed by atoms with Gasteiger partial charge in [-0.2, -0.15) is 0 Å². The fourth-order valence-electron chi connectivity index (χ4n) is 2.66. The highest BCUT2D eigenvalue weighted by Crippen LogP contribution is 2.22. The van der Waals surface area contributed by atoms with E-state index in [2.05, 4.69) is 10.3 Å². The molecule has 3 nitrogen and oxygen atoms in total. The maximum atomic E-state index is 12.6. The number of H-pyrrole nitrogens is 1. The highest BCUT2D eigenvalue weighted by molar-refractivity contribution is 6.08. The zero-order valence-electron chi connectivity index (χ0n) is 12.2. The van der Waals surface area contributed by atoms with Crippen LogP contribution in [0.25, 0.3) is 10.9 Å². The highest BCUT2D eigenvalue weighted by Gasteiger charge is 2.17. The van der Waals surface area contributed by atoms with Crippen LogP contribution in [-0.2, 0) is 0 Å². The number of para-hydroxylation sites is 1. The van der Waals surface area contributed by atoms with Crippen LogP contribution in [0.4, 0.5) is 0 Å². The van der Waals surface area contributed by atoms with Crippen molar-refractivity contribution in [2.75, 3.05) is 0 Å². The van der Waals surface area contributed by atoms with Crippen LogP contribution in [0, 0.1) is 6.92 Å². The Hall–Kier alpha value is -2.55. The molecule has 0 aliphatic heterocycles. The van der Waals surface area contributed by atoms with Crippen LogP contribution in [0.3, 0.4) is 0 Å². The van der Waals surface area contributed by atoms with Crippen LogP contribution in [0.1, 0.15) is 34.6 Å². The number of nitrogens with one attached hydrogen (secondary N) is 2. The molecule has 0 spiro atoms. The van der Waals surface area contributed by atoms with E-state index in [1.807, 2.05) is 68.4 Å². The van der Waals surface area contributed by atoms with Gasteiger partial charge in [-0.3, -0.25) is 4.79 Å². The predicted molar refractivity (Wildman–Crippen MR) is 85.4 cm³/mol. The summed E-state index contributed by atoms with van der Waals surface area (Å²) >= 11 is 0. The molecule has 0 fully saturated rings. The quantitative estimate of drug-likeness (QED) is 0.748. The number of benzene rings is 2. The average Bonchev–Trinajstić information content (AvgIpc) is 2.83. The summed E-state index contributed by atoms with van der Waals surface area (Å²) in [6.07, 6.45) is 0. The van der Waals surface area contributed by atoms with E-state index >= 15 is 0 Å². The molecule has 0 aliphatic rings. The zero-order valence-corrected chi connectivity index (χ0v) is 12.2. The van der Waals surface area contributed by atoms with Crippen LogP contribution in [0.15, 0.2) is 54.6 Å². The molecule has 0 saturated heterocycles. The number of carbonyl (C=O) groups is 1. The standard InChI is InChI=1S/C18H18N2O/c1-12(14-8-4-3-5-9-14)20-18(21)17-13(2)19-16-11-7-6-10-15(16)17/h3-12,19H,1-2H3,(H,20,21). The van der Waals surface area contributed by atoms with Crippen LogP contribution in [0.2, 0.25) is 0 Å². The molecule has 1 heterocycles. The summed E-state index contributed by atoms with van der Waals surface area (Å²) in [5.41, 5.74) is 3.72. The molecule has 1 atom stereocenters. The molecule has 2 aromatic carbocycles. The highest BCUT2D eigenvalue weighted by atomic mass is 16.1. The first-order valence-corrected chi connectivity index (χ1v) is 7.10. The van der Waals surface area contributed by atoms with E-state index < -0.39 is 0 Å². The lowest BCUT2D eigenvalue weighted by molar-refractivity contribution is 0.0941. The Morgan fingerprint density at radius 2 is 1.71 bits per heavy atom. The molecule has 1 aromatic heterocycles. The number of hydrogen-bond donors (Lipinski definition) is 2. The normalized spacial score (nSPS) is 12.3. The number of aromatic amines is 1. The Labute approximate surface area is 124 Å². The van der Waals surface area contributed by atoms with Crippen LogP contribution in [-0.4, -0.2) is 10.9 Å². The van der Waals surface area contributed by atoms with E-state index in [4.69, 9.17) is 0 Å². The minimum absolute atomic E-state index is 0.0215. The first-order chi connectivity index (χ1) is 10.2. The molecule has 0 aliphatic carbocycles. The van der Waals surface area contributed by atoms with Gasteiger partial charge in [-0.25, -0.2) is 0 Å². The Kier molecular flexibility index (Phi) is 3.48. The molecule has 1 amide bonds. The second-order valence-corrected chi connectivity index (χ2v) is 5.28. The van der Waals surface area contributed by atoms with Gasteiger partial charge in [0.25, 0.3) is 5.91 Å². The SMILES string of the molecule is Cc1[nH]c2ccccc2c1C(=O)NC(C)c1ccccc1. The van der Waals surface area contributed by atoms with Gasteiger partial charge in [0.2, 0.25) is 0 Å². The van der Waals surface area contributed by atoms with E-state index in [-0.39, 0.29) is 11.9 Å². The van der Waals surface area contributed by atoms with E-state index in [9.17, 15) is 4.79 Å². The molecule has 3 heteroatoms. The minimum Gasteiger partial charge on any atom is -0.358 e. The van der Waals surface area contributed by atoms with Crippen molar-refractivity contribution in [3.63, 3.8) is 0 Å². The van der Waals surface area contributed by atoms with Gasteiger partial charge in [0.1, 0.15) is 0 Å². The molecule has 0 radical (unpaired) electrons. The lowest BCUT2D eigenvalue weighted by Gasteiger charge is -2.14. The van der Waals surface area contributed by atoms with Gasteiger partial charge in [-0.05, 0) is 25.5 Å². The number of aromatic nitrogens is 1. The van der Waals surface area contributed by atoms with Crippen molar-refractivity contribution in [3.05, 3.63) is 71.4 Å². The Morgan fingerprint density at radius 1 is 1.05 bits per heavy atom. The second kappa shape index (κ2) is 5.44. The van der Waals surface area contributed by atoms with Crippen molar-refractivity contribution in [2.24, 2.45) is 0 Å². The summed E-state index contributed by atoms with van der Waals surface area (Å²) < 4.78 is 0. The van der Waals surface area contributed by atoms with Gasteiger partial charge in [0.15, 0.2) is 0 Å².